The summed E-state index contributed by atoms with van der Waals surface area (Å²) < 4.78 is 5.14. The summed E-state index contributed by atoms with van der Waals surface area (Å²) in [5, 5.41) is 0.278. The van der Waals surface area contributed by atoms with Crippen LogP contribution >= 0.6 is 15.9 Å². The number of esters is 1. The number of alkyl halides is 1. The van der Waals surface area contributed by atoms with Crippen LogP contribution < -0.4 is 0 Å². The third kappa shape index (κ3) is 5.24. The molecular weight excluding hydrogens is 208 g/mol. The molecule has 66 valence electrons. The van der Waals surface area contributed by atoms with Gasteiger partial charge in [-0.2, -0.15) is 0 Å². The molecule has 0 heterocycles. The number of halogens is 1. The fourth-order valence-corrected chi connectivity index (χ4v) is 1.10. The number of hydrogen-bond donors (Lipinski definition) is 0. The van der Waals surface area contributed by atoms with Crippen molar-refractivity contribution < 1.29 is 9.53 Å². The Balaban J connectivity index is 3.80. The van der Waals surface area contributed by atoms with Crippen LogP contribution in [0.1, 0.15) is 33.6 Å². The van der Waals surface area contributed by atoms with Crippen molar-refractivity contribution in [2.75, 3.05) is 5.33 Å². The van der Waals surface area contributed by atoms with Crippen molar-refractivity contribution >= 4 is 21.9 Å². The minimum atomic E-state index is -0.306. The van der Waals surface area contributed by atoms with Crippen LogP contribution in [0.25, 0.3) is 0 Å². The molecule has 0 atom stereocenters. The SMILES string of the molecule is CCCC(C)(C)OC(=O)CBr. The molecule has 11 heavy (non-hydrogen) atoms. The first-order valence-corrected chi connectivity index (χ1v) is 4.92. The van der Waals surface area contributed by atoms with E-state index >= 15 is 0 Å². The van der Waals surface area contributed by atoms with Crippen molar-refractivity contribution in [3.05, 3.63) is 0 Å². The number of ether oxygens (including phenoxy) is 1. The quantitative estimate of drug-likeness (QED) is 0.540. The van der Waals surface area contributed by atoms with E-state index in [0.717, 1.165) is 12.8 Å². The van der Waals surface area contributed by atoms with Gasteiger partial charge in [-0.3, -0.25) is 4.79 Å². The molecule has 0 aliphatic carbocycles. The minimum absolute atomic E-state index is 0.191. The van der Waals surface area contributed by atoms with Crippen LogP contribution in [0.2, 0.25) is 0 Å². The maximum Gasteiger partial charge on any atom is 0.317 e. The van der Waals surface area contributed by atoms with Gasteiger partial charge in [0.05, 0.1) is 0 Å². The zero-order valence-corrected chi connectivity index (χ0v) is 8.90. The Morgan fingerprint density at radius 2 is 2.09 bits per heavy atom. The molecule has 0 saturated heterocycles. The molecule has 0 aliphatic heterocycles. The number of carbonyl (C=O) groups excluding carboxylic acids is 1. The molecule has 0 aromatic heterocycles. The molecule has 0 aliphatic rings. The Morgan fingerprint density at radius 3 is 2.45 bits per heavy atom. The summed E-state index contributed by atoms with van der Waals surface area (Å²) in [7, 11) is 0. The first kappa shape index (κ1) is 11.0. The summed E-state index contributed by atoms with van der Waals surface area (Å²) in [6.07, 6.45) is 1.94. The van der Waals surface area contributed by atoms with E-state index in [0.29, 0.717) is 0 Å². The topological polar surface area (TPSA) is 26.3 Å². The second-order valence-corrected chi connectivity index (χ2v) is 3.68. The normalized spacial score (nSPS) is 11.3. The smallest absolute Gasteiger partial charge is 0.317 e. The molecule has 0 spiro atoms. The lowest BCUT2D eigenvalue weighted by Crippen LogP contribution is -2.28. The molecule has 2 nitrogen and oxygen atoms in total. The maximum absolute atomic E-state index is 10.8. The monoisotopic (exact) mass is 222 g/mol. The second-order valence-electron chi connectivity index (χ2n) is 3.12. The largest absolute Gasteiger partial charge is 0.459 e. The van der Waals surface area contributed by atoms with Crippen molar-refractivity contribution in [3.8, 4) is 0 Å². The average molecular weight is 223 g/mol. The molecule has 0 fully saturated rings. The molecule has 0 rings (SSSR count). The molecule has 0 saturated carbocycles. The van der Waals surface area contributed by atoms with Gasteiger partial charge in [0.2, 0.25) is 0 Å². The van der Waals surface area contributed by atoms with E-state index in [4.69, 9.17) is 4.74 Å². The van der Waals surface area contributed by atoms with Gasteiger partial charge in [0.15, 0.2) is 0 Å². The van der Waals surface area contributed by atoms with Gasteiger partial charge in [-0.05, 0) is 20.3 Å². The first-order valence-electron chi connectivity index (χ1n) is 3.79. The van der Waals surface area contributed by atoms with E-state index in [9.17, 15) is 4.79 Å². The molecule has 0 bridgehead atoms. The summed E-state index contributed by atoms with van der Waals surface area (Å²) in [4.78, 5) is 10.8. The third-order valence-electron chi connectivity index (χ3n) is 1.35. The van der Waals surface area contributed by atoms with Gasteiger partial charge in [-0.1, -0.05) is 29.3 Å². The lowest BCUT2D eigenvalue weighted by Gasteiger charge is -2.23. The lowest BCUT2D eigenvalue weighted by atomic mass is 10.0. The summed E-state index contributed by atoms with van der Waals surface area (Å²) in [5.41, 5.74) is -0.306. The number of carbonyl (C=O) groups is 1. The summed E-state index contributed by atoms with van der Waals surface area (Å²) >= 11 is 3.04. The molecular formula is C8H15BrO2. The van der Waals surface area contributed by atoms with Crippen LogP contribution in [-0.4, -0.2) is 16.9 Å². The maximum atomic E-state index is 10.8. The first-order chi connectivity index (χ1) is 5.02. The molecule has 0 amide bonds. The Bertz CT molecular complexity index is 132. The molecule has 0 aromatic rings. The van der Waals surface area contributed by atoms with Crippen LogP contribution in [-0.2, 0) is 9.53 Å². The van der Waals surface area contributed by atoms with E-state index in [2.05, 4.69) is 22.9 Å². The Morgan fingerprint density at radius 1 is 1.55 bits per heavy atom. The lowest BCUT2D eigenvalue weighted by molar-refractivity contribution is -0.153. The Hall–Kier alpha value is -0.0500. The van der Waals surface area contributed by atoms with E-state index in [1.807, 2.05) is 13.8 Å². The van der Waals surface area contributed by atoms with Gasteiger partial charge in [0.1, 0.15) is 10.9 Å². The number of rotatable bonds is 4. The predicted molar refractivity (Wildman–Crippen MR) is 48.9 cm³/mol. The van der Waals surface area contributed by atoms with E-state index in [-0.39, 0.29) is 16.9 Å². The fraction of sp³-hybridized carbons (Fsp3) is 0.875. The van der Waals surface area contributed by atoms with Crippen LogP contribution in [0.4, 0.5) is 0 Å². The van der Waals surface area contributed by atoms with Crippen LogP contribution in [0, 0.1) is 0 Å². The minimum Gasteiger partial charge on any atom is -0.459 e. The van der Waals surface area contributed by atoms with Gasteiger partial charge in [-0.25, -0.2) is 0 Å². The van der Waals surface area contributed by atoms with E-state index < -0.39 is 0 Å². The molecule has 3 heteroatoms. The van der Waals surface area contributed by atoms with Crippen LogP contribution in [0.5, 0.6) is 0 Å². The van der Waals surface area contributed by atoms with Crippen molar-refractivity contribution in [2.45, 2.75) is 39.2 Å². The Kier molecular flexibility index (Phi) is 4.73. The fourth-order valence-electron chi connectivity index (χ4n) is 0.989. The van der Waals surface area contributed by atoms with Crippen LogP contribution in [0.15, 0.2) is 0 Å². The van der Waals surface area contributed by atoms with Gasteiger partial charge in [-0.15, -0.1) is 0 Å². The third-order valence-corrected chi connectivity index (χ3v) is 1.81. The van der Waals surface area contributed by atoms with Gasteiger partial charge in [0, 0.05) is 0 Å². The molecule has 0 aromatic carbocycles. The standard InChI is InChI=1S/C8H15BrO2/c1-4-5-8(2,3)11-7(10)6-9/h4-6H2,1-3H3. The highest BCUT2D eigenvalue weighted by Crippen LogP contribution is 2.16. The zero-order chi connectivity index (χ0) is 8.91. The summed E-state index contributed by atoms with van der Waals surface area (Å²) in [6, 6.07) is 0. The van der Waals surface area contributed by atoms with Crippen molar-refractivity contribution in [3.63, 3.8) is 0 Å². The van der Waals surface area contributed by atoms with Crippen molar-refractivity contribution in [2.24, 2.45) is 0 Å². The summed E-state index contributed by atoms with van der Waals surface area (Å²) in [5.74, 6) is -0.191. The van der Waals surface area contributed by atoms with Crippen molar-refractivity contribution in [1.82, 2.24) is 0 Å². The van der Waals surface area contributed by atoms with Crippen molar-refractivity contribution in [1.29, 1.82) is 0 Å². The highest BCUT2D eigenvalue weighted by molar-refractivity contribution is 9.09. The van der Waals surface area contributed by atoms with Gasteiger partial charge in [0.25, 0.3) is 0 Å². The van der Waals surface area contributed by atoms with E-state index in [1.54, 1.807) is 0 Å². The Labute approximate surface area is 76.4 Å². The molecule has 0 N–H and O–H groups in total. The van der Waals surface area contributed by atoms with E-state index in [1.165, 1.54) is 0 Å². The van der Waals surface area contributed by atoms with Gasteiger partial charge >= 0.3 is 5.97 Å². The number of hydrogen-bond acceptors (Lipinski definition) is 2. The highest BCUT2D eigenvalue weighted by Gasteiger charge is 2.20. The predicted octanol–water partition coefficient (Wildman–Crippen LogP) is 2.50. The highest BCUT2D eigenvalue weighted by atomic mass is 79.9. The second kappa shape index (κ2) is 4.75. The van der Waals surface area contributed by atoms with Crippen LogP contribution in [0.3, 0.4) is 0 Å². The molecule has 0 unspecified atom stereocenters. The molecule has 0 radical (unpaired) electrons. The summed E-state index contributed by atoms with van der Waals surface area (Å²) in [6.45, 7) is 5.93. The zero-order valence-electron chi connectivity index (χ0n) is 7.32. The van der Waals surface area contributed by atoms with Gasteiger partial charge < -0.3 is 4.74 Å². The average Bonchev–Trinajstić information content (AvgIpc) is 1.86.